The first kappa shape index (κ1) is 12.4. The number of hydrogen-bond acceptors (Lipinski definition) is 3. The normalized spacial score (nSPS) is 10.5. The molecule has 90 valence electrons. The van der Waals surface area contributed by atoms with Crippen molar-refractivity contribution >= 4 is 33.8 Å². The molecule has 4 heteroatoms. The highest BCUT2D eigenvalue weighted by atomic mass is 35.5. The van der Waals surface area contributed by atoms with Crippen LogP contribution >= 0.6 is 22.9 Å². The minimum Gasteiger partial charge on any atom is -0.318 e. The summed E-state index contributed by atoms with van der Waals surface area (Å²) in [4.78, 5) is 6.71. The van der Waals surface area contributed by atoms with Crippen molar-refractivity contribution in [3.8, 4) is 0 Å². The van der Waals surface area contributed by atoms with Crippen LogP contribution in [0.3, 0.4) is 0 Å². The number of aromatic nitrogens is 1. The number of thiazole rings is 1. The minimum absolute atomic E-state index is 0.474. The molecule has 17 heavy (non-hydrogen) atoms. The average Bonchev–Trinajstić information content (AvgIpc) is 2.81. The lowest BCUT2D eigenvalue weighted by Gasteiger charge is -2.19. The number of nitrogens with zero attached hydrogens (tertiary/aromatic N) is 2. The maximum Gasteiger partial charge on any atom is 0.190 e. The Bertz CT molecular complexity index is 478. The molecular weight excluding hydrogens is 252 g/mol. The molecule has 0 fully saturated rings. The van der Waals surface area contributed by atoms with Crippen molar-refractivity contribution in [2.24, 2.45) is 0 Å². The van der Waals surface area contributed by atoms with Crippen LogP contribution in [0.25, 0.3) is 0 Å². The number of hydrogen-bond donors (Lipinski definition) is 0. The van der Waals surface area contributed by atoms with E-state index < -0.39 is 0 Å². The molecular formula is C13H15ClN2S. The van der Waals surface area contributed by atoms with Crippen LogP contribution in [0.1, 0.15) is 18.2 Å². The number of anilines is 2. The average molecular weight is 267 g/mol. The van der Waals surface area contributed by atoms with Crippen molar-refractivity contribution in [2.75, 3.05) is 11.4 Å². The van der Waals surface area contributed by atoms with Gasteiger partial charge < -0.3 is 4.90 Å². The van der Waals surface area contributed by atoms with Crippen molar-refractivity contribution in [1.29, 1.82) is 0 Å². The Labute approximate surface area is 111 Å². The van der Waals surface area contributed by atoms with E-state index in [-0.39, 0.29) is 0 Å². The van der Waals surface area contributed by atoms with E-state index in [4.69, 9.17) is 11.6 Å². The maximum atomic E-state index is 5.78. The van der Waals surface area contributed by atoms with Crippen LogP contribution in [0.15, 0.2) is 29.6 Å². The summed E-state index contributed by atoms with van der Waals surface area (Å²) in [6.07, 6.45) is 0. The maximum absolute atomic E-state index is 5.78. The third-order valence-electron chi connectivity index (χ3n) is 2.57. The third-order valence-corrected chi connectivity index (χ3v) is 3.76. The van der Waals surface area contributed by atoms with Crippen LogP contribution in [0.2, 0.25) is 0 Å². The van der Waals surface area contributed by atoms with E-state index >= 15 is 0 Å². The molecule has 0 N–H and O–H groups in total. The summed E-state index contributed by atoms with van der Waals surface area (Å²) in [7, 11) is 0. The van der Waals surface area contributed by atoms with Crippen molar-refractivity contribution in [1.82, 2.24) is 4.98 Å². The zero-order valence-electron chi connectivity index (χ0n) is 9.98. The van der Waals surface area contributed by atoms with Gasteiger partial charge in [0.05, 0.1) is 11.6 Å². The summed E-state index contributed by atoms with van der Waals surface area (Å²) in [6, 6.07) is 8.49. The molecule has 0 atom stereocenters. The van der Waals surface area contributed by atoms with Gasteiger partial charge in [-0.05, 0) is 26.0 Å². The second kappa shape index (κ2) is 5.52. The summed E-state index contributed by atoms with van der Waals surface area (Å²) in [5.74, 6) is 0.474. The standard InChI is InChI=1S/C13H15ClN2S/c1-3-16(12-6-4-10(2)5-7-12)13-15-11(8-14)9-17-13/h4-7,9H,3,8H2,1-2H3. The van der Waals surface area contributed by atoms with Gasteiger partial charge in [-0.25, -0.2) is 4.98 Å². The molecule has 0 spiro atoms. The number of benzene rings is 1. The van der Waals surface area contributed by atoms with E-state index in [1.54, 1.807) is 11.3 Å². The van der Waals surface area contributed by atoms with Crippen molar-refractivity contribution in [2.45, 2.75) is 19.7 Å². The largest absolute Gasteiger partial charge is 0.318 e. The summed E-state index contributed by atoms with van der Waals surface area (Å²) in [6.45, 7) is 5.12. The van der Waals surface area contributed by atoms with Crippen LogP contribution in [0, 0.1) is 6.92 Å². The lowest BCUT2D eigenvalue weighted by atomic mass is 10.2. The van der Waals surface area contributed by atoms with Crippen LogP contribution in [-0.4, -0.2) is 11.5 Å². The molecule has 0 aliphatic rings. The molecule has 2 nitrogen and oxygen atoms in total. The zero-order valence-corrected chi connectivity index (χ0v) is 11.6. The van der Waals surface area contributed by atoms with Crippen molar-refractivity contribution in [3.63, 3.8) is 0 Å². The first-order chi connectivity index (χ1) is 8.24. The Kier molecular flexibility index (Phi) is 4.02. The number of aryl methyl sites for hydroxylation is 1. The van der Waals surface area contributed by atoms with Gasteiger partial charge in [-0.15, -0.1) is 22.9 Å². The van der Waals surface area contributed by atoms with Gasteiger partial charge in [-0.2, -0.15) is 0 Å². The van der Waals surface area contributed by atoms with Crippen LogP contribution in [0.4, 0.5) is 10.8 Å². The van der Waals surface area contributed by atoms with Gasteiger partial charge in [-0.3, -0.25) is 0 Å². The van der Waals surface area contributed by atoms with Crippen molar-refractivity contribution < 1.29 is 0 Å². The number of rotatable bonds is 4. The molecule has 0 unspecified atom stereocenters. The van der Waals surface area contributed by atoms with Gasteiger partial charge in [0.15, 0.2) is 5.13 Å². The Morgan fingerprint density at radius 2 is 2.00 bits per heavy atom. The van der Waals surface area contributed by atoms with Crippen LogP contribution in [0.5, 0.6) is 0 Å². The molecule has 0 bridgehead atoms. The molecule has 1 aromatic heterocycles. The van der Waals surface area contributed by atoms with Crippen molar-refractivity contribution in [3.05, 3.63) is 40.9 Å². The molecule has 1 aromatic carbocycles. The fourth-order valence-corrected chi connectivity index (χ4v) is 2.77. The van der Waals surface area contributed by atoms with Gasteiger partial charge in [-0.1, -0.05) is 17.7 Å². The van der Waals surface area contributed by atoms with E-state index in [2.05, 4.69) is 48.0 Å². The molecule has 0 saturated heterocycles. The van der Waals surface area contributed by atoms with Crippen LogP contribution < -0.4 is 4.90 Å². The van der Waals surface area contributed by atoms with Gasteiger partial charge in [0.25, 0.3) is 0 Å². The van der Waals surface area contributed by atoms with Gasteiger partial charge in [0, 0.05) is 17.6 Å². The number of alkyl halides is 1. The fraction of sp³-hybridized carbons (Fsp3) is 0.308. The summed E-state index contributed by atoms with van der Waals surface area (Å²) >= 11 is 7.42. The molecule has 2 aromatic rings. The smallest absolute Gasteiger partial charge is 0.190 e. The van der Waals surface area contributed by atoms with Crippen LogP contribution in [-0.2, 0) is 5.88 Å². The first-order valence-corrected chi connectivity index (χ1v) is 7.00. The SMILES string of the molecule is CCN(c1ccc(C)cc1)c1nc(CCl)cs1. The quantitative estimate of drug-likeness (QED) is 0.765. The molecule has 0 radical (unpaired) electrons. The lowest BCUT2D eigenvalue weighted by molar-refractivity contribution is 1.00. The van der Waals surface area contributed by atoms with Gasteiger partial charge >= 0.3 is 0 Å². The Balaban J connectivity index is 2.29. The molecule has 0 aliphatic carbocycles. The monoisotopic (exact) mass is 266 g/mol. The summed E-state index contributed by atoms with van der Waals surface area (Å²) in [5, 5.41) is 3.02. The molecule has 1 heterocycles. The Morgan fingerprint density at radius 3 is 2.53 bits per heavy atom. The molecule has 0 saturated carbocycles. The Morgan fingerprint density at radius 1 is 1.29 bits per heavy atom. The number of halogens is 1. The van der Waals surface area contributed by atoms with E-state index in [0.717, 1.165) is 17.4 Å². The predicted octanol–water partition coefficient (Wildman–Crippen LogP) is 4.35. The summed E-state index contributed by atoms with van der Waals surface area (Å²) in [5.41, 5.74) is 3.39. The van der Waals surface area contributed by atoms with E-state index in [1.807, 2.05) is 5.38 Å². The van der Waals surface area contributed by atoms with Gasteiger partial charge in [0.1, 0.15) is 0 Å². The third kappa shape index (κ3) is 2.79. The minimum atomic E-state index is 0.474. The van der Waals surface area contributed by atoms with Gasteiger partial charge in [0.2, 0.25) is 0 Å². The Hall–Kier alpha value is -1.06. The summed E-state index contributed by atoms with van der Waals surface area (Å²) < 4.78 is 0. The highest BCUT2D eigenvalue weighted by Gasteiger charge is 2.11. The topological polar surface area (TPSA) is 16.1 Å². The molecule has 2 rings (SSSR count). The molecule has 0 amide bonds. The first-order valence-electron chi connectivity index (χ1n) is 5.59. The highest BCUT2D eigenvalue weighted by Crippen LogP contribution is 2.28. The van der Waals surface area contributed by atoms with E-state index in [1.165, 1.54) is 11.3 Å². The zero-order chi connectivity index (χ0) is 12.3. The molecule has 0 aliphatic heterocycles. The van der Waals surface area contributed by atoms with E-state index in [0.29, 0.717) is 5.88 Å². The predicted molar refractivity (Wildman–Crippen MR) is 75.5 cm³/mol. The fourth-order valence-electron chi connectivity index (χ4n) is 1.63. The van der Waals surface area contributed by atoms with E-state index in [9.17, 15) is 0 Å². The highest BCUT2D eigenvalue weighted by molar-refractivity contribution is 7.13. The lowest BCUT2D eigenvalue weighted by Crippen LogP contribution is -2.15. The second-order valence-electron chi connectivity index (χ2n) is 3.83. The second-order valence-corrected chi connectivity index (χ2v) is 4.94.